The van der Waals surface area contributed by atoms with Gasteiger partial charge in [-0.2, -0.15) is 0 Å². The molecule has 1 heterocycles. The Kier molecular flexibility index (Phi) is 7.36. The minimum Gasteiger partial charge on any atom is -0.495 e. The average molecular weight is 446 g/mol. The van der Waals surface area contributed by atoms with Crippen molar-refractivity contribution in [2.24, 2.45) is 11.7 Å². The van der Waals surface area contributed by atoms with Crippen molar-refractivity contribution in [1.82, 2.24) is 4.90 Å². The summed E-state index contributed by atoms with van der Waals surface area (Å²) in [5, 5.41) is 3.08. The van der Waals surface area contributed by atoms with Crippen molar-refractivity contribution in [2.45, 2.75) is 18.9 Å². The zero-order valence-corrected chi connectivity index (χ0v) is 17.8. The predicted octanol–water partition coefficient (Wildman–Crippen LogP) is 3.36. The molecule has 3 amide bonds. The molecule has 0 saturated carbocycles. The number of hydrogen-bond donors (Lipinski definition) is 2. The highest BCUT2D eigenvalue weighted by molar-refractivity contribution is 6.32. The number of methoxy groups -OCH3 is 1. The third-order valence-electron chi connectivity index (χ3n) is 5.13. The van der Waals surface area contributed by atoms with E-state index in [2.05, 4.69) is 5.32 Å². The van der Waals surface area contributed by atoms with Gasteiger partial charge in [0.15, 0.2) is 0 Å². The first-order chi connectivity index (χ1) is 14.9. The first-order valence-corrected chi connectivity index (χ1v) is 10.2. The van der Waals surface area contributed by atoms with Gasteiger partial charge in [0.1, 0.15) is 5.75 Å². The van der Waals surface area contributed by atoms with Gasteiger partial charge in [0, 0.05) is 24.3 Å². The Bertz CT molecular complexity index is 945. The van der Waals surface area contributed by atoms with E-state index in [9.17, 15) is 14.4 Å². The third-order valence-corrected chi connectivity index (χ3v) is 5.43. The highest BCUT2D eigenvalue weighted by Gasteiger charge is 2.32. The number of nitrogens with two attached hydrogens (primary N) is 1. The Morgan fingerprint density at radius 3 is 2.39 bits per heavy atom. The van der Waals surface area contributed by atoms with Crippen LogP contribution >= 0.6 is 11.6 Å². The van der Waals surface area contributed by atoms with Crippen LogP contribution in [-0.2, 0) is 14.3 Å². The zero-order chi connectivity index (χ0) is 22.4. The van der Waals surface area contributed by atoms with E-state index in [1.165, 1.54) is 12.0 Å². The first kappa shape index (κ1) is 22.4. The number of carbonyl (C=O) groups excluding carboxylic acids is 3. The fourth-order valence-corrected chi connectivity index (χ4v) is 3.66. The van der Waals surface area contributed by atoms with E-state index in [-0.39, 0.29) is 0 Å². The van der Waals surface area contributed by atoms with Crippen molar-refractivity contribution in [1.29, 1.82) is 0 Å². The molecule has 3 rings (SSSR count). The van der Waals surface area contributed by atoms with E-state index in [0.717, 1.165) is 0 Å². The maximum Gasteiger partial charge on any atom is 0.314 e. The Hall–Kier alpha value is -3.26. The third kappa shape index (κ3) is 5.67. The second kappa shape index (κ2) is 10.2. The minimum absolute atomic E-state index is 0.342. The largest absolute Gasteiger partial charge is 0.495 e. The number of nitrogens with one attached hydrogen (secondary N) is 1. The molecule has 1 aliphatic heterocycles. The SMILES string of the molecule is COc1ccc(NC(=O)C(OC(=O)C2CCN(C(N)=O)CC2)c2ccccc2)cc1Cl. The number of piperidine rings is 1. The van der Waals surface area contributed by atoms with E-state index in [1.54, 1.807) is 42.5 Å². The quantitative estimate of drug-likeness (QED) is 0.662. The summed E-state index contributed by atoms with van der Waals surface area (Å²) in [4.78, 5) is 38.6. The van der Waals surface area contributed by atoms with Gasteiger partial charge in [-0.15, -0.1) is 0 Å². The zero-order valence-electron chi connectivity index (χ0n) is 17.0. The normalized spacial score (nSPS) is 15.1. The van der Waals surface area contributed by atoms with E-state index >= 15 is 0 Å². The summed E-state index contributed by atoms with van der Waals surface area (Å²) in [7, 11) is 1.50. The van der Waals surface area contributed by atoms with Crippen molar-refractivity contribution in [3.8, 4) is 5.75 Å². The molecule has 9 heteroatoms. The number of nitrogens with zero attached hydrogens (tertiary/aromatic N) is 1. The summed E-state index contributed by atoms with van der Waals surface area (Å²) in [5.74, 6) is -0.922. The van der Waals surface area contributed by atoms with Gasteiger partial charge in [0.2, 0.25) is 6.10 Å². The van der Waals surface area contributed by atoms with E-state index in [4.69, 9.17) is 26.8 Å². The van der Waals surface area contributed by atoms with Crippen LogP contribution in [-0.4, -0.2) is 43.0 Å². The second-order valence-corrected chi connectivity index (χ2v) is 7.57. The van der Waals surface area contributed by atoms with Gasteiger partial charge in [-0.05, 0) is 31.0 Å². The number of benzene rings is 2. The molecule has 0 bridgehead atoms. The van der Waals surface area contributed by atoms with Crippen LogP contribution in [0.25, 0.3) is 0 Å². The van der Waals surface area contributed by atoms with Gasteiger partial charge in [-0.25, -0.2) is 4.79 Å². The summed E-state index contributed by atoms with van der Waals surface area (Å²) in [5.41, 5.74) is 6.28. The number of carbonyl (C=O) groups is 3. The molecule has 2 aromatic rings. The second-order valence-electron chi connectivity index (χ2n) is 7.17. The fraction of sp³-hybridized carbons (Fsp3) is 0.318. The van der Waals surface area contributed by atoms with Gasteiger partial charge < -0.3 is 25.4 Å². The summed E-state index contributed by atoms with van der Waals surface area (Å²) in [6.45, 7) is 0.753. The Labute approximate surface area is 185 Å². The van der Waals surface area contributed by atoms with Crippen molar-refractivity contribution in [2.75, 3.05) is 25.5 Å². The van der Waals surface area contributed by atoms with Gasteiger partial charge >= 0.3 is 12.0 Å². The molecule has 164 valence electrons. The monoisotopic (exact) mass is 445 g/mol. The van der Waals surface area contributed by atoms with Crippen LogP contribution in [0.3, 0.4) is 0 Å². The minimum atomic E-state index is -1.14. The van der Waals surface area contributed by atoms with Crippen molar-refractivity contribution < 1.29 is 23.9 Å². The lowest BCUT2D eigenvalue weighted by molar-refractivity contribution is -0.160. The predicted molar refractivity (Wildman–Crippen MR) is 116 cm³/mol. The summed E-state index contributed by atoms with van der Waals surface area (Å²) < 4.78 is 10.8. The molecule has 31 heavy (non-hydrogen) atoms. The molecule has 1 fully saturated rings. The number of rotatable bonds is 6. The van der Waals surface area contributed by atoms with Crippen LogP contribution in [0.2, 0.25) is 5.02 Å². The molecular formula is C22H24ClN3O5. The van der Waals surface area contributed by atoms with Crippen LogP contribution in [0.4, 0.5) is 10.5 Å². The lowest BCUT2D eigenvalue weighted by Gasteiger charge is -2.30. The molecule has 0 aromatic heterocycles. The number of halogens is 1. The van der Waals surface area contributed by atoms with Crippen LogP contribution in [0.5, 0.6) is 5.75 Å². The van der Waals surface area contributed by atoms with Gasteiger partial charge in [-0.1, -0.05) is 41.9 Å². The number of hydrogen-bond acceptors (Lipinski definition) is 5. The standard InChI is InChI=1S/C22H24ClN3O5/c1-30-18-8-7-16(13-17(18)23)25-20(27)19(14-5-3-2-4-6-14)31-21(28)15-9-11-26(12-10-15)22(24)29/h2-8,13,15,19H,9-12H2,1H3,(H2,24,29)(H,25,27). The molecule has 1 atom stereocenters. The Morgan fingerprint density at radius 1 is 1.13 bits per heavy atom. The summed E-state index contributed by atoms with van der Waals surface area (Å²) in [6, 6.07) is 13.1. The van der Waals surface area contributed by atoms with Crippen LogP contribution in [0.1, 0.15) is 24.5 Å². The molecule has 0 radical (unpaired) electrons. The number of esters is 1. The highest BCUT2D eigenvalue weighted by Crippen LogP contribution is 2.29. The molecule has 1 saturated heterocycles. The van der Waals surface area contributed by atoms with Crippen LogP contribution in [0.15, 0.2) is 48.5 Å². The Balaban J connectivity index is 1.73. The van der Waals surface area contributed by atoms with Crippen molar-refractivity contribution in [3.05, 3.63) is 59.1 Å². The first-order valence-electron chi connectivity index (χ1n) is 9.83. The van der Waals surface area contributed by atoms with E-state index < -0.39 is 29.9 Å². The average Bonchev–Trinajstić information content (AvgIpc) is 2.78. The number of amides is 3. The van der Waals surface area contributed by atoms with E-state index in [1.807, 2.05) is 6.07 Å². The summed E-state index contributed by atoms with van der Waals surface area (Å²) >= 11 is 6.13. The number of urea groups is 1. The molecule has 0 spiro atoms. The van der Waals surface area contributed by atoms with E-state index in [0.29, 0.717) is 48.0 Å². The number of ether oxygens (including phenoxy) is 2. The topological polar surface area (TPSA) is 111 Å². The van der Waals surface area contributed by atoms with Gasteiger partial charge in [0.05, 0.1) is 18.1 Å². The lowest BCUT2D eigenvalue weighted by Crippen LogP contribution is -2.43. The highest BCUT2D eigenvalue weighted by atomic mass is 35.5. The molecule has 1 unspecified atom stereocenters. The number of primary amides is 1. The lowest BCUT2D eigenvalue weighted by atomic mass is 9.97. The maximum atomic E-state index is 13.0. The van der Waals surface area contributed by atoms with Crippen LogP contribution in [0, 0.1) is 5.92 Å². The number of likely N-dealkylation sites (tertiary alicyclic amines) is 1. The molecule has 3 N–H and O–H groups in total. The summed E-state index contributed by atoms with van der Waals surface area (Å²) in [6.07, 6.45) is -0.276. The van der Waals surface area contributed by atoms with Crippen LogP contribution < -0.4 is 15.8 Å². The van der Waals surface area contributed by atoms with Crippen molar-refractivity contribution >= 4 is 35.2 Å². The Morgan fingerprint density at radius 2 is 1.81 bits per heavy atom. The molecule has 8 nitrogen and oxygen atoms in total. The van der Waals surface area contributed by atoms with Crippen molar-refractivity contribution in [3.63, 3.8) is 0 Å². The number of anilines is 1. The molecule has 2 aromatic carbocycles. The molecular weight excluding hydrogens is 422 g/mol. The smallest absolute Gasteiger partial charge is 0.314 e. The molecule has 1 aliphatic rings. The fourth-order valence-electron chi connectivity index (χ4n) is 3.40. The maximum absolute atomic E-state index is 13.0. The molecule has 0 aliphatic carbocycles. The van der Waals surface area contributed by atoms with Gasteiger partial charge in [-0.3, -0.25) is 9.59 Å². The van der Waals surface area contributed by atoms with Gasteiger partial charge in [0.25, 0.3) is 5.91 Å².